The van der Waals surface area contributed by atoms with Gasteiger partial charge in [-0.3, -0.25) is 9.78 Å². The number of hydrogen-bond acceptors (Lipinski definition) is 5. The molecule has 2 aromatic carbocycles. The molecule has 0 bridgehead atoms. The first-order valence-corrected chi connectivity index (χ1v) is 12.5. The van der Waals surface area contributed by atoms with Crippen molar-refractivity contribution in [2.24, 2.45) is 0 Å². The molecule has 4 rings (SSSR count). The molecule has 0 amide bonds. The van der Waals surface area contributed by atoms with Crippen molar-refractivity contribution >= 4 is 44.0 Å². The molecule has 174 valence electrons. The number of aliphatic hydroxyl groups excluding tert-OH is 2. The van der Waals surface area contributed by atoms with Crippen LogP contribution in [0.4, 0.5) is 4.39 Å². The summed E-state index contributed by atoms with van der Waals surface area (Å²) in [6.45, 7) is 1.72. The first-order valence-electron chi connectivity index (χ1n) is 11.2. The molecule has 1 aliphatic carbocycles. The second-order valence-electron chi connectivity index (χ2n) is 8.46. The van der Waals surface area contributed by atoms with E-state index in [1.807, 2.05) is 46.6 Å². The Kier molecular flexibility index (Phi) is 7.86. The Hall–Kier alpha value is -2.48. The van der Waals surface area contributed by atoms with Crippen LogP contribution in [-0.4, -0.2) is 38.1 Å². The Labute approximate surface area is 211 Å². The SMILES string of the molecule is CB(I)OC(=O)CC(O)CC(O)C#Cc1c(C2CC2)nc2ccccc2c1-c1ccc(F)cc1. The summed E-state index contributed by atoms with van der Waals surface area (Å²) in [5.41, 5.74) is 4.09. The highest BCUT2D eigenvalue weighted by atomic mass is 127. The third-order valence-electron chi connectivity index (χ3n) is 5.57. The molecule has 8 heteroatoms. The fourth-order valence-electron chi connectivity index (χ4n) is 3.90. The molecule has 1 heterocycles. The number of carbonyl (C=O) groups is 1. The van der Waals surface area contributed by atoms with Gasteiger partial charge in [0.15, 0.2) is 0 Å². The van der Waals surface area contributed by atoms with Gasteiger partial charge in [-0.05, 0) is 43.4 Å². The van der Waals surface area contributed by atoms with Gasteiger partial charge in [0.1, 0.15) is 11.9 Å². The van der Waals surface area contributed by atoms with Gasteiger partial charge in [-0.25, -0.2) is 4.39 Å². The minimum absolute atomic E-state index is 0.0800. The summed E-state index contributed by atoms with van der Waals surface area (Å²) in [4.78, 5) is 16.6. The summed E-state index contributed by atoms with van der Waals surface area (Å²) in [5, 5.41) is 21.5. The number of para-hydroxylation sites is 1. The number of aliphatic hydroxyl groups is 2. The van der Waals surface area contributed by atoms with Crippen molar-refractivity contribution in [1.82, 2.24) is 4.98 Å². The number of halogens is 2. The van der Waals surface area contributed by atoms with Crippen LogP contribution in [0.15, 0.2) is 48.5 Å². The first kappa shape index (κ1) is 24.6. The Morgan fingerprint density at radius 2 is 1.94 bits per heavy atom. The van der Waals surface area contributed by atoms with Crippen LogP contribution in [0.5, 0.6) is 0 Å². The Balaban J connectivity index is 1.69. The van der Waals surface area contributed by atoms with E-state index in [0.717, 1.165) is 40.6 Å². The molecule has 3 aromatic rings. The molecule has 5 nitrogen and oxygen atoms in total. The van der Waals surface area contributed by atoms with Crippen LogP contribution in [0, 0.1) is 17.7 Å². The number of pyridine rings is 1. The second kappa shape index (κ2) is 10.8. The Morgan fingerprint density at radius 3 is 2.62 bits per heavy atom. The smallest absolute Gasteiger partial charge is 0.428 e. The van der Waals surface area contributed by atoms with E-state index < -0.39 is 18.2 Å². The molecule has 1 aromatic heterocycles. The van der Waals surface area contributed by atoms with Crippen molar-refractivity contribution in [2.45, 2.75) is 50.6 Å². The third-order valence-corrected chi connectivity index (χ3v) is 5.83. The topological polar surface area (TPSA) is 79.7 Å². The molecule has 2 atom stereocenters. The van der Waals surface area contributed by atoms with Gasteiger partial charge in [-0.2, -0.15) is 0 Å². The van der Waals surface area contributed by atoms with Gasteiger partial charge in [0.05, 0.1) is 29.3 Å². The maximum atomic E-state index is 13.6. The average molecular weight is 571 g/mol. The molecule has 0 radical (unpaired) electrons. The molecule has 0 aliphatic heterocycles. The number of carbonyl (C=O) groups excluding carboxylic acids is 1. The van der Waals surface area contributed by atoms with Crippen LogP contribution < -0.4 is 0 Å². The number of rotatable bonds is 7. The lowest BCUT2D eigenvalue weighted by Gasteiger charge is -2.15. The number of hydrogen-bond donors (Lipinski definition) is 2. The summed E-state index contributed by atoms with van der Waals surface area (Å²) in [5.74, 6) is 5.39. The van der Waals surface area contributed by atoms with E-state index in [-0.39, 0.29) is 23.4 Å². The van der Waals surface area contributed by atoms with Crippen LogP contribution in [0.25, 0.3) is 22.0 Å². The van der Waals surface area contributed by atoms with Gasteiger partial charge in [0.25, 0.3) is 5.97 Å². The summed E-state index contributed by atoms with van der Waals surface area (Å²) in [6.07, 6.45) is -0.468. The maximum absolute atomic E-state index is 13.6. The van der Waals surface area contributed by atoms with Crippen LogP contribution in [0.1, 0.15) is 42.9 Å². The van der Waals surface area contributed by atoms with E-state index in [0.29, 0.717) is 11.5 Å². The van der Waals surface area contributed by atoms with Crippen molar-refractivity contribution < 1.29 is 24.1 Å². The lowest BCUT2D eigenvalue weighted by molar-refractivity contribution is -0.136. The van der Waals surface area contributed by atoms with Gasteiger partial charge in [0, 0.05) is 23.3 Å². The maximum Gasteiger partial charge on any atom is 0.428 e. The number of aromatic nitrogens is 1. The molecule has 1 aliphatic rings. The fraction of sp³-hybridized carbons (Fsp3) is 0.308. The molecular formula is C26H24BFINO4. The van der Waals surface area contributed by atoms with E-state index in [9.17, 15) is 19.4 Å². The highest BCUT2D eigenvalue weighted by molar-refractivity contribution is 14.1. The van der Waals surface area contributed by atoms with Crippen LogP contribution in [0.3, 0.4) is 0 Å². The summed E-state index contributed by atoms with van der Waals surface area (Å²) in [6, 6.07) is 14.0. The fourth-order valence-corrected chi connectivity index (χ4v) is 4.19. The largest absolute Gasteiger partial charge is 0.525 e. The van der Waals surface area contributed by atoms with Gasteiger partial charge in [0.2, 0.25) is 0 Å². The van der Waals surface area contributed by atoms with Gasteiger partial charge < -0.3 is 14.9 Å². The lowest BCUT2D eigenvalue weighted by atomic mass is 9.92. The van der Waals surface area contributed by atoms with Crippen molar-refractivity contribution in [3.8, 4) is 23.0 Å². The monoisotopic (exact) mass is 571 g/mol. The molecule has 34 heavy (non-hydrogen) atoms. The number of fused-ring (bicyclic) bond motifs is 1. The standard InChI is InChI=1S/C26H24BFINO4/c1-27(29)34-24(33)15-20(32)14-19(31)12-13-22-25(16-8-10-18(28)11-9-16)21-4-2-3-5-23(21)30-26(22)17-6-7-17/h2-5,8-11,17,19-20,31-32H,6-7,14-15H2,1H3. The van der Waals surface area contributed by atoms with Gasteiger partial charge in [-0.1, -0.05) is 64.5 Å². The van der Waals surface area contributed by atoms with Gasteiger partial charge in [-0.15, -0.1) is 0 Å². The van der Waals surface area contributed by atoms with E-state index >= 15 is 0 Å². The molecular weight excluding hydrogens is 547 g/mol. The zero-order chi connectivity index (χ0) is 24.2. The molecule has 2 N–H and O–H groups in total. The number of benzene rings is 2. The van der Waals surface area contributed by atoms with Crippen molar-refractivity contribution in [3.05, 3.63) is 65.6 Å². The van der Waals surface area contributed by atoms with Crippen LogP contribution in [-0.2, 0) is 9.45 Å². The summed E-state index contributed by atoms with van der Waals surface area (Å²) >= 11 is 1.96. The molecule has 1 saturated carbocycles. The zero-order valence-corrected chi connectivity index (χ0v) is 20.8. The molecule has 2 unspecified atom stereocenters. The van der Waals surface area contributed by atoms with E-state index in [1.54, 1.807) is 19.0 Å². The minimum atomic E-state index is -1.14. The summed E-state index contributed by atoms with van der Waals surface area (Å²) < 4.78 is 18.4. The lowest BCUT2D eigenvalue weighted by Crippen LogP contribution is -2.23. The van der Waals surface area contributed by atoms with Crippen molar-refractivity contribution in [1.29, 1.82) is 0 Å². The second-order valence-corrected chi connectivity index (χ2v) is 10.2. The highest BCUT2D eigenvalue weighted by Gasteiger charge is 2.30. The predicted molar refractivity (Wildman–Crippen MR) is 139 cm³/mol. The Morgan fingerprint density at radius 1 is 1.24 bits per heavy atom. The van der Waals surface area contributed by atoms with Crippen LogP contribution >= 0.6 is 22.4 Å². The van der Waals surface area contributed by atoms with E-state index in [4.69, 9.17) is 9.64 Å². The zero-order valence-electron chi connectivity index (χ0n) is 18.7. The average Bonchev–Trinajstić information content (AvgIpc) is 3.62. The summed E-state index contributed by atoms with van der Waals surface area (Å²) in [7, 11) is 0. The Bertz CT molecular complexity index is 1250. The van der Waals surface area contributed by atoms with Crippen molar-refractivity contribution in [3.63, 3.8) is 0 Å². The molecule has 1 fully saturated rings. The van der Waals surface area contributed by atoms with E-state index in [1.165, 1.54) is 12.1 Å². The quantitative estimate of drug-likeness (QED) is 0.241. The number of nitrogens with zero attached hydrogens (tertiary/aromatic N) is 1. The molecule has 0 spiro atoms. The molecule has 0 saturated heterocycles. The first-order chi connectivity index (χ1) is 16.3. The minimum Gasteiger partial charge on any atom is -0.525 e. The van der Waals surface area contributed by atoms with E-state index in [2.05, 4.69) is 11.8 Å². The highest BCUT2D eigenvalue weighted by Crippen LogP contribution is 2.44. The third kappa shape index (κ3) is 6.15. The van der Waals surface area contributed by atoms with Gasteiger partial charge >= 0.3 is 4.77 Å². The van der Waals surface area contributed by atoms with Crippen LogP contribution in [0.2, 0.25) is 6.82 Å². The van der Waals surface area contributed by atoms with Crippen molar-refractivity contribution in [2.75, 3.05) is 0 Å². The normalized spacial score (nSPS) is 14.7. The predicted octanol–water partition coefficient (Wildman–Crippen LogP) is 4.87.